The van der Waals surface area contributed by atoms with Gasteiger partial charge >= 0.3 is 0 Å². The Morgan fingerprint density at radius 3 is 2.77 bits per heavy atom. The topological polar surface area (TPSA) is 120 Å². The third-order valence-electron chi connectivity index (χ3n) is 8.03. The van der Waals surface area contributed by atoms with Gasteiger partial charge in [0, 0.05) is 13.2 Å². The van der Waals surface area contributed by atoms with E-state index in [1.54, 1.807) is 0 Å². The van der Waals surface area contributed by atoms with Gasteiger partial charge in [-0.15, -0.1) is 11.8 Å². The molecule has 4 heterocycles. The number of allylic oxidation sites excluding steroid dienone is 1. The summed E-state index contributed by atoms with van der Waals surface area (Å²) in [6, 6.07) is -1.02. The number of carbonyl (C=O) groups excluding carboxylic acids is 1. The Morgan fingerprint density at radius 1 is 1.20 bits per heavy atom. The highest BCUT2D eigenvalue weighted by molar-refractivity contribution is 7.99. The molecule has 3 saturated heterocycles. The van der Waals surface area contributed by atoms with Crippen LogP contribution in [0.3, 0.4) is 0 Å². The Bertz CT molecular complexity index is 739. The molecule has 0 spiro atoms. The molecule has 0 saturated carbocycles. The third-order valence-corrected chi connectivity index (χ3v) is 9.27. The van der Waals surface area contributed by atoms with E-state index in [-0.39, 0.29) is 17.9 Å². The van der Waals surface area contributed by atoms with Crippen molar-refractivity contribution in [1.29, 1.82) is 0 Å². The lowest BCUT2D eigenvalue weighted by Gasteiger charge is -2.44. The van der Waals surface area contributed by atoms with Gasteiger partial charge in [-0.1, -0.05) is 32.9 Å². The van der Waals surface area contributed by atoms with Crippen molar-refractivity contribution in [2.24, 2.45) is 23.7 Å². The lowest BCUT2D eigenvalue weighted by atomic mass is 9.85. The number of hydrogen-bond donors (Lipinski definition) is 5. The molecule has 11 atom stereocenters. The van der Waals surface area contributed by atoms with E-state index in [2.05, 4.69) is 30.6 Å². The number of hydrogen-bond acceptors (Lipinski definition) is 8. The van der Waals surface area contributed by atoms with Crippen molar-refractivity contribution in [3.63, 3.8) is 0 Å². The van der Waals surface area contributed by atoms with E-state index >= 15 is 0 Å². The number of carbonyl (C=O) groups is 1. The largest absolute Gasteiger partial charge is 0.388 e. The highest BCUT2D eigenvalue weighted by Crippen LogP contribution is 2.35. The van der Waals surface area contributed by atoms with Crippen molar-refractivity contribution in [2.45, 2.75) is 101 Å². The SMILES string of the molecule is CC(C)C[C@@H]1CCO[C@@H]2[C@H](CN[C@@H]2C(=O)N[C@H]2C3OC(SCCC/C=C/[C@@H]2C)C(O)C(O)C3O)C1. The summed E-state index contributed by atoms with van der Waals surface area (Å²) >= 11 is 1.44. The minimum Gasteiger partial charge on any atom is -0.388 e. The summed E-state index contributed by atoms with van der Waals surface area (Å²) < 4.78 is 12.4. The van der Waals surface area contributed by atoms with Crippen molar-refractivity contribution >= 4 is 17.7 Å². The number of nitrogens with one attached hydrogen (secondary N) is 2. The number of thioether (sulfide) groups is 1. The smallest absolute Gasteiger partial charge is 0.240 e. The molecule has 0 aromatic rings. The standard InChI is InChI=1S/C26H44N2O6S/c1-14(2)11-16-8-9-33-23-17(12-16)13-27-19(23)25(32)28-18-15(3)7-5-4-6-10-35-26-22(31)20(29)21(30)24(18)34-26/h5,7,14-24,26-27,29-31H,4,6,8-13H2,1-3H3,(H,28,32)/b7-5+/t15-,16-,17-,18+,19-,20?,21?,22?,23+,24?,26?/m0/s1. The zero-order valence-electron chi connectivity index (χ0n) is 21.2. The fourth-order valence-corrected chi connectivity index (χ4v) is 7.31. The van der Waals surface area contributed by atoms with Crippen LogP contribution in [0, 0.1) is 23.7 Å². The highest BCUT2D eigenvalue weighted by Gasteiger charge is 2.49. The molecule has 200 valence electrons. The van der Waals surface area contributed by atoms with Crippen LogP contribution in [0.15, 0.2) is 12.2 Å². The molecule has 9 heteroatoms. The Kier molecular flexibility index (Phi) is 9.57. The average molecular weight is 513 g/mol. The first-order valence-corrected chi connectivity index (χ1v) is 14.4. The van der Waals surface area contributed by atoms with Crippen LogP contribution in [0.1, 0.15) is 52.9 Å². The fourth-order valence-electron chi connectivity index (χ4n) is 6.18. The third kappa shape index (κ3) is 6.43. The number of rotatable bonds is 4. The lowest BCUT2D eigenvalue weighted by molar-refractivity contribution is -0.207. The molecule has 5 N–H and O–H groups in total. The normalized spacial score (nSPS) is 45.7. The van der Waals surface area contributed by atoms with Crippen LogP contribution < -0.4 is 10.6 Å². The second-order valence-electron chi connectivity index (χ2n) is 11.3. The quantitative estimate of drug-likeness (QED) is 0.359. The van der Waals surface area contributed by atoms with Gasteiger partial charge in [0.05, 0.1) is 12.1 Å². The van der Waals surface area contributed by atoms with Crippen molar-refractivity contribution in [3.8, 4) is 0 Å². The molecule has 5 unspecified atom stereocenters. The van der Waals surface area contributed by atoms with Gasteiger partial charge in [0.15, 0.2) is 0 Å². The summed E-state index contributed by atoms with van der Waals surface area (Å²) in [5.41, 5.74) is -0.653. The molecule has 0 radical (unpaired) electrons. The molecule has 8 nitrogen and oxygen atoms in total. The van der Waals surface area contributed by atoms with Crippen LogP contribution >= 0.6 is 11.8 Å². The number of fused-ring (bicyclic) bond motifs is 3. The number of aliphatic hydroxyl groups excluding tert-OH is 3. The summed E-state index contributed by atoms with van der Waals surface area (Å²) in [4.78, 5) is 13.6. The molecular formula is C26H44N2O6S. The van der Waals surface area contributed by atoms with E-state index < -0.39 is 41.9 Å². The Balaban J connectivity index is 1.49. The molecule has 2 bridgehead atoms. The lowest BCUT2D eigenvalue weighted by Crippen LogP contribution is -2.65. The van der Waals surface area contributed by atoms with Crippen LogP contribution in [0.4, 0.5) is 0 Å². The highest BCUT2D eigenvalue weighted by atomic mass is 32.2. The molecule has 4 aliphatic rings. The molecule has 0 aromatic carbocycles. The summed E-state index contributed by atoms with van der Waals surface area (Å²) in [6.45, 7) is 7.91. The number of ether oxygens (including phenoxy) is 2. The number of amides is 1. The predicted octanol–water partition coefficient (Wildman–Crippen LogP) is 1.43. The first-order chi connectivity index (χ1) is 16.8. The van der Waals surface area contributed by atoms with E-state index in [9.17, 15) is 20.1 Å². The molecule has 4 rings (SSSR count). The minimum absolute atomic E-state index is 0.132. The van der Waals surface area contributed by atoms with Crippen molar-refractivity contribution in [1.82, 2.24) is 10.6 Å². The van der Waals surface area contributed by atoms with Crippen LogP contribution in [-0.2, 0) is 14.3 Å². The second-order valence-corrected chi connectivity index (χ2v) is 12.5. The van der Waals surface area contributed by atoms with Gasteiger partial charge < -0.3 is 35.4 Å². The Hall–Kier alpha value is -0.680. The molecule has 3 fully saturated rings. The summed E-state index contributed by atoms with van der Waals surface area (Å²) in [6.07, 6.45) is 4.41. The van der Waals surface area contributed by atoms with Crippen LogP contribution in [0.25, 0.3) is 0 Å². The Labute approximate surface area is 213 Å². The monoisotopic (exact) mass is 512 g/mol. The van der Waals surface area contributed by atoms with E-state index in [0.29, 0.717) is 24.4 Å². The van der Waals surface area contributed by atoms with Gasteiger partial charge in [-0.25, -0.2) is 0 Å². The Morgan fingerprint density at radius 2 is 2.00 bits per heavy atom. The van der Waals surface area contributed by atoms with E-state index in [1.807, 2.05) is 13.0 Å². The predicted molar refractivity (Wildman–Crippen MR) is 136 cm³/mol. The second kappa shape index (κ2) is 12.2. The molecule has 0 aliphatic carbocycles. The van der Waals surface area contributed by atoms with Crippen LogP contribution in [-0.4, -0.2) is 88.2 Å². The van der Waals surface area contributed by atoms with Gasteiger partial charge in [-0.3, -0.25) is 4.79 Å². The fraction of sp³-hybridized carbons (Fsp3) is 0.885. The van der Waals surface area contributed by atoms with Crippen LogP contribution in [0.5, 0.6) is 0 Å². The summed E-state index contributed by atoms with van der Waals surface area (Å²) in [5, 5.41) is 38.4. The first kappa shape index (κ1) is 27.4. The zero-order chi connectivity index (χ0) is 25.1. The maximum Gasteiger partial charge on any atom is 0.240 e. The summed E-state index contributed by atoms with van der Waals surface area (Å²) in [7, 11) is 0. The van der Waals surface area contributed by atoms with Gasteiger partial charge in [0.2, 0.25) is 5.91 Å². The molecule has 0 aromatic heterocycles. The van der Waals surface area contributed by atoms with Crippen molar-refractivity contribution < 1.29 is 29.6 Å². The number of aliphatic hydroxyl groups is 3. The maximum atomic E-state index is 13.6. The van der Waals surface area contributed by atoms with E-state index in [4.69, 9.17) is 9.47 Å². The average Bonchev–Trinajstić information content (AvgIpc) is 3.09. The van der Waals surface area contributed by atoms with Gasteiger partial charge in [-0.2, -0.15) is 0 Å². The summed E-state index contributed by atoms with van der Waals surface area (Å²) in [5.74, 6) is 2.05. The van der Waals surface area contributed by atoms with Gasteiger partial charge in [-0.05, 0) is 61.5 Å². The van der Waals surface area contributed by atoms with Crippen molar-refractivity contribution in [2.75, 3.05) is 18.9 Å². The zero-order valence-corrected chi connectivity index (χ0v) is 22.0. The molecule has 1 amide bonds. The van der Waals surface area contributed by atoms with Crippen molar-refractivity contribution in [3.05, 3.63) is 12.2 Å². The molecule has 35 heavy (non-hydrogen) atoms. The van der Waals surface area contributed by atoms with Gasteiger partial charge in [0.1, 0.15) is 35.9 Å². The first-order valence-electron chi connectivity index (χ1n) is 13.4. The van der Waals surface area contributed by atoms with E-state index in [0.717, 1.165) is 38.0 Å². The molecular weight excluding hydrogens is 468 g/mol. The van der Waals surface area contributed by atoms with E-state index in [1.165, 1.54) is 18.2 Å². The van der Waals surface area contributed by atoms with Crippen LogP contribution in [0.2, 0.25) is 0 Å². The maximum absolute atomic E-state index is 13.6. The minimum atomic E-state index is -1.33. The van der Waals surface area contributed by atoms with Gasteiger partial charge in [0.25, 0.3) is 0 Å². The molecule has 4 aliphatic heterocycles.